The first-order valence-electron chi connectivity index (χ1n) is 4.21. The minimum atomic E-state index is -0.568. The summed E-state index contributed by atoms with van der Waals surface area (Å²) in [6.45, 7) is 3.52. The Kier molecular flexibility index (Phi) is 5.98. The summed E-state index contributed by atoms with van der Waals surface area (Å²) in [5.41, 5.74) is 0. The standard InChI is InChI=1S/C9H18O3/c1-7(8(2)11)6-9(12)4-3-5-10/h3-4,7-12H,5-6H2,1-2H3/b4-3+/t7?,8?,9-/m0/s1. The number of aliphatic hydroxyl groups is 3. The van der Waals surface area contributed by atoms with Crippen molar-refractivity contribution in [2.75, 3.05) is 6.61 Å². The molecule has 0 aliphatic rings. The molecule has 0 aromatic heterocycles. The third-order valence-corrected chi connectivity index (χ3v) is 1.90. The van der Waals surface area contributed by atoms with E-state index < -0.39 is 12.2 Å². The Labute approximate surface area is 73.4 Å². The molecule has 12 heavy (non-hydrogen) atoms. The Hall–Kier alpha value is -0.380. The summed E-state index contributed by atoms with van der Waals surface area (Å²) in [5, 5.41) is 26.8. The fraction of sp³-hybridized carbons (Fsp3) is 0.778. The molecule has 0 rings (SSSR count). The predicted molar refractivity (Wildman–Crippen MR) is 47.7 cm³/mol. The lowest BCUT2D eigenvalue weighted by Gasteiger charge is -2.16. The average molecular weight is 174 g/mol. The van der Waals surface area contributed by atoms with Gasteiger partial charge in [-0.1, -0.05) is 19.1 Å². The highest BCUT2D eigenvalue weighted by atomic mass is 16.3. The zero-order chi connectivity index (χ0) is 9.56. The first-order valence-corrected chi connectivity index (χ1v) is 4.21. The largest absolute Gasteiger partial charge is 0.393 e. The van der Waals surface area contributed by atoms with Gasteiger partial charge in [0, 0.05) is 0 Å². The van der Waals surface area contributed by atoms with Crippen LogP contribution in [0.15, 0.2) is 12.2 Å². The van der Waals surface area contributed by atoms with Crippen molar-refractivity contribution in [2.24, 2.45) is 5.92 Å². The van der Waals surface area contributed by atoms with Crippen molar-refractivity contribution in [1.29, 1.82) is 0 Å². The van der Waals surface area contributed by atoms with Crippen LogP contribution in [0.1, 0.15) is 20.3 Å². The van der Waals surface area contributed by atoms with Gasteiger partial charge in [-0.05, 0) is 19.3 Å². The van der Waals surface area contributed by atoms with Gasteiger partial charge < -0.3 is 15.3 Å². The van der Waals surface area contributed by atoms with Gasteiger partial charge >= 0.3 is 0 Å². The molecule has 2 unspecified atom stereocenters. The Morgan fingerprint density at radius 2 is 1.83 bits per heavy atom. The molecule has 0 spiro atoms. The second-order valence-corrected chi connectivity index (χ2v) is 3.13. The maximum absolute atomic E-state index is 9.29. The van der Waals surface area contributed by atoms with Gasteiger partial charge in [0.2, 0.25) is 0 Å². The predicted octanol–water partition coefficient (Wildman–Crippen LogP) is 0.303. The Bertz CT molecular complexity index is 132. The van der Waals surface area contributed by atoms with E-state index >= 15 is 0 Å². The molecule has 0 bridgehead atoms. The smallest absolute Gasteiger partial charge is 0.0725 e. The quantitative estimate of drug-likeness (QED) is 0.525. The number of rotatable bonds is 5. The van der Waals surface area contributed by atoms with E-state index in [9.17, 15) is 5.11 Å². The summed E-state index contributed by atoms with van der Waals surface area (Å²) in [7, 11) is 0. The summed E-state index contributed by atoms with van der Waals surface area (Å²) in [6, 6.07) is 0. The Morgan fingerprint density at radius 3 is 2.25 bits per heavy atom. The molecule has 0 aromatic carbocycles. The zero-order valence-corrected chi connectivity index (χ0v) is 7.64. The topological polar surface area (TPSA) is 60.7 Å². The molecule has 3 N–H and O–H groups in total. The second-order valence-electron chi connectivity index (χ2n) is 3.13. The van der Waals surface area contributed by atoms with Crippen LogP contribution in [0, 0.1) is 5.92 Å². The van der Waals surface area contributed by atoms with Gasteiger partial charge in [-0.15, -0.1) is 0 Å². The van der Waals surface area contributed by atoms with Gasteiger partial charge in [-0.2, -0.15) is 0 Å². The summed E-state index contributed by atoms with van der Waals surface area (Å²) in [6.07, 6.45) is 2.59. The van der Waals surface area contributed by atoms with Crippen LogP contribution in [-0.2, 0) is 0 Å². The molecular weight excluding hydrogens is 156 g/mol. The molecule has 3 heteroatoms. The van der Waals surface area contributed by atoms with Crippen molar-refractivity contribution in [3.63, 3.8) is 0 Å². The molecule has 0 radical (unpaired) electrons. The van der Waals surface area contributed by atoms with E-state index in [0.29, 0.717) is 6.42 Å². The van der Waals surface area contributed by atoms with Gasteiger partial charge in [-0.3, -0.25) is 0 Å². The molecule has 0 aliphatic carbocycles. The highest BCUT2D eigenvalue weighted by Crippen LogP contribution is 2.11. The van der Waals surface area contributed by atoms with Gasteiger partial charge in [0.15, 0.2) is 0 Å². The highest BCUT2D eigenvalue weighted by Gasteiger charge is 2.11. The van der Waals surface area contributed by atoms with Crippen LogP contribution in [-0.4, -0.2) is 34.1 Å². The molecule has 3 atom stereocenters. The minimum absolute atomic E-state index is 0.0554. The van der Waals surface area contributed by atoms with Crippen LogP contribution in [0.5, 0.6) is 0 Å². The first kappa shape index (κ1) is 11.6. The van der Waals surface area contributed by atoms with Crippen LogP contribution >= 0.6 is 0 Å². The van der Waals surface area contributed by atoms with Gasteiger partial charge in [0.1, 0.15) is 0 Å². The molecule has 0 saturated carbocycles. The van der Waals surface area contributed by atoms with E-state index in [-0.39, 0.29) is 12.5 Å². The maximum Gasteiger partial charge on any atom is 0.0725 e. The Balaban J connectivity index is 3.68. The molecular formula is C9H18O3. The minimum Gasteiger partial charge on any atom is -0.393 e. The van der Waals surface area contributed by atoms with Gasteiger partial charge in [-0.25, -0.2) is 0 Å². The van der Waals surface area contributed by atoms with Crippen molar-refractivity contribution < 1.29 is 15.3 Å². The van der Waals surface area contributed by atoms with Crippen LogP contribution in [0.4, 0.5) is 0 Å². The highest BCUT2D eigenvalue weighted by molar-refractivity contribution is 4.89. The van der Waals surface area contributed by atoms with E-state index in [1.807, 2.05) is 6.92 Å². The zero-order valence-electron chi connectivity index (χ0n) is 7.64. The SMILES string of the molecule is CC(O)C(C)C[C@@H](O)/C=C/CO. The summed E-state index contributed by atoms with van der Waals surface area (Å²) >= 11 is 0. The lowest BCUT2D eigenvalue weighted by atomic mass is 9.98. The third kappa shape index (κ3) is 5.29. The molecule has 0 aliphatic heterocycles. The molecule has 0 heterocycles. The number of aliphatic hydroxyl groups excluding tert-OH is 3. The molecule has 0 aromatic rings. The molecule has 0 saturated heterocycles. The normalized spacial score (nSPS) is 19.4. The van der Waals surface area contributed by atoms with Gasteiger partial charge in [0.25, 0.3) is 0 Å². The fourth-order valence-corrected chi connectivity index (χ4v) is 0.874. The van der Waals surface area contributed by atoms with Crippen molar-refractivity contribution in [2.45, 2.75) is 32.5 Å². The monoisotopic (exact) mass is 174 g/mol. The lowest BCUT2D eigenvalue weighted by Crippen LogP contribution is -2.18. The molecule has 0 fully saturated rings. The number of hydrogen-bond acceptors (Lipinski definition) is 3. The van der Waals surface area contributed by atoms with Crippen LogP contribution in [0.25, 0.3) is 0 Å². The summed E-state index contributed by atoms with van der Waals surface area (Å²) in [4.78, 5) is 0. The van der Waals surface area contributed by atoms with Crippen molar-refractivity contribution in [3.8, 4) is 0 Å². The molecule has 3 nitrogen and oxygen atoms in total. The van der Waals surface area contributed by atoms with E-state index in [4.69, 9.17) is 10.2 Å². The van der Waals surface area contributed by atoms with E-state index in [2.05, 4.69) is 0 Å². The van der Waals surface area contributed by atoms with Gasteiger partial charge in [0.05, 0.1) is 18.8 Å². The second kappa shape index (κ2) is 6.17. The molecule has 72 valence electrons. The van der Waals surface area contributed by atoms with E-state index in [1.165, 1.54) is 6.08 Å². The first-order chi connectivity index (χ1) is 5.57. The summed E-state index contributed by atoms with van der Waals surface area (Å²) < 4.78 is 0. The van der Waals surface area contributed by atoms with Crippen LogP contribution < -0.4 is 0 Å². The van der Waals surface area contributed by atoms with E-state index in [1.54, 1.807) is 13.0 Å². The number of hydrogen-bond donors (Lipinski definition) is 3. The Morgan fingerprint density at radius 1 is 1.25 bits per heavy atom. The average Bonchev–Trinajstić information content (AvgIpc) is 2.00. The third-order valence-electron chi connectivity index (χ3n) is 1.90. The van der Waals surface area contributed by atoms with E-state index in [0.717, 1.165) is 0 Å². The molecule has 0 amide bonds. The van der Waals surface area contributed by atoms with Crippen LogP contribution in [0.3, 0.4) is 0 Å². The summed E-state index contributed by atoms with van der Waals surface area (Å²) in [5.74, 6) is 0.0725. The fourth-order valence-electron chi connectivity index (χ4n) is 0.874. The van der Waals surface area contributed by atoms with Crippen molar-refractivity contribution in [3.05, 3.63) is 12.2 Å². The van der Waals surface area contributed by atoms with Crippen LogP contribution in [0.2, 0.25) is 0 Å². The maximum atomic E-state index is 9.29. The van der Waals surface area contributed by atoms with Crippen molar-refractivity contribution in [1.82, 2.24) is 0 Å². The lowest BCUT2D eigenvalue weighted by molar-refractivity contribution is 0.0968. The van der Waals surface area contributed by atoms with Crippen molar-refractivity contribution >= 4 is 0 Å².